The number of aromatic nitrogens is 2. The van der Waals surface area contributed by atoms with E-state index in [0.29, 0.717) is 23.2 Å². The topological polar surface area (TPSA) is 77.8 Å². The standard InChI is InChI=1S/C38H42N4S5/c1-5-9-13-23(7-3)15-11-17-25-19-27-29(43-25)21-31(45-27)33-35(39)36(40)34(38-37(33)41-47-42-38)32-22-30-28(46-32)20-26(44-30)18-12-16-24(8-4)14-10-6-2/h19-24H,5-10,13-16,39-40H2,1-4H3. The summed E-state index contributed by atoms with van der Waals surface area (Å²) < 4.78 is 14.4. The predicted molar refractivity (Wildman–Crippen MR) is 213 cm³/mol. The minimum atomic E-state index is 0.573. The van der Waals surface area contributed by atoms with E-state index in [-0.39, 0.29) is 0 Å². The van der Waals surface area contributed by atoms with Gasteiger partial charge in [-0.05, 0) is 48.9 Å². The van der Waals surface area contributed by atoms with Gasteiger partial charge in [0, 0.05) is 52.5 Å². The summed E-state index contributed by atoms with van der Waals surface area (Å²) in [5.74, 6) is 15.2. The average molecular weight is 715 g/mol. The van der Waals surface area contributed by atoms with Crippen molar-refractivity contribution in [1.29, 1.82) is 0 Å². The van der Waals surface area contributed by atoms with Gasteiger partial charge in [-0.15, -0.1) is 45.3 Å². The summed E-state index contributed by atoms with van der Waals surface area (Å²) in [5, 5.41) is 0. The van der Waals surface area contributed by atoms with Crippen LogP contribution in [0.1, 0.15) is 102 Å². The van der Waals surface area contributed by atoms with Crippen LogP contribution in [0, 0.1) is 35.5 Å². The number of benzene rings is 1. The van der Waals surface area contributed by atoms with Gasteiger partial charge in [-0.3, -0.25) is 0 Å². The Labute approximate surface area is 298 Å². The quantitative estimate of drug-likeness (QED) is 0.0977. The zero-order chi connectivity index (χ0) is 32.9. The number of nitrogen functional groups attached to an aromatic ring is 2. The van der Waals surface area contributed by atoms with Crippen LogP contribution in [-0.2, 0) is 0 Å². The third-order valence-electron chi connectivity index (χ3n) is 8.99. The van der Waals surface area contributed by atoms with Gasteiger partial charge in [0.15, 0.2) is 0 Å². The summed E-state index contributed by atoms with van der Waals surface area (Å²) in [6, 6.07) is 8.85. The van der Waals surface area contributed by atoms with Crippen LogP contribution < -0.4 is 11.5 Å². The summed E-state index contributed by atoms with van der Waals surface area (Å²) in [5.41, 5.74) is 18.2. The molecule has 9 heteroatoms. The highest BCUT2D eigenvalue weighted by Gasteiger charge is 2.24. The number of rotatable bonds is 12. The van der Waals surface area contributed by atoms with E-state index in [2.05, 4.69) is 75.6 Å². The van der Waals surface area contributed by atoms with Gasteiger partial charge in [-0.1, -0.05) is 89.9 Å². The van der Waals surface area contributed by atoms with E-state index in [1.165, 1.54) is 81.9 Å². The molecule has 4 N–H and O–H groups in total. The number of nitrogens with zero attached hydrogens (tertiary/aromatic N) is 2. The van der Waals surface area contributed by atoms with Crippen molar-refractivity contribution in [2.75, 3.05) is 11.5 Å². The normalized spacial score (nSPS) is 12.8. The van der Waals surface area contributed by atoms with E-state index in [0.717, 1.165) is 54.5 Å². The van der Waals surface area contributed by atoms with Crippen LogP contribution in [0.4, 0.5) is 11.4 Å². The molecule has 0 spiro atoms. The maximum Gasteiger partial charge on any atom is 0.116 e. The van der Waals surface area contributed by atoms with Crippen molar-refractivity contribution < 1.29 is 0 Å². The Bertz CT molecular complexity index is 1900. The van der Waals surface area contributed by atoms with Crippen LogP contribution in [0.5, 0.6) is 0 Å². The van der Waals surface area contributed by atoms with Crippen molar-refractivity contribution in [3.63, 3.8) is 0 Å². The Morgan fingerprint density at radius 3 is 1.43 bits per heavy atom. The molecule has 1 aromatic carbocycles. The van der Waals surface area contributed by atoms with E-state index in [1.807, 2.05) is 0 Å². The maximum atomic E-state index is 6.84. The van der Waals surface area contributed by atoms with Gasteiger partial charge in [0.25, 0.3) is 0 Å². The second-order valence-electron chi connectivity index (χ2n) is 12.3. The van der Waals surface area contributed by atoms with Gasteiger partial charge in [0.1, 0.15) is 11.0 Å². The Morgan fingerprint density at radius 1 is 0.617 bits per heavy atom. The Morgan fingerprint density at radius 2 is 1.04 bits per heavy atom. The van der Waals surface area contributed by atoms with Gasteiger partial charge >= 0.3 is 0 Å². The summed E-state index contributed by atoms with van der Waals surface area (Å²) in [6.45, 7) is 9.06. The molecule has 0 aliphatic rings. The monoisotopic (exact) mass is 714 g/mol. The van der Waals surface area contributed by atoms with Crippen molar-refractivity contribution in [1.82, 2.24) is 8.75 Å². The predicted octanol–water partition coefficient (Wildman–Crippen LogP) is 12.7. The Kier molecular flexibility index (Phi) is 11.2. The number of hydrogen-bond acceptors (Lipinski definition) is 9. The van der Waals surface area contributed by atoms with Gasteiger partial charge in [-0.2, -0.15) is 8.75 Å². The number of hydrogen-bond donors (Lipinski definition) is 2. The van der Waals surface area contributed by atoms with E-state index in [4.69, 9.17) is 20.2 Å². The fourth-order valence-corrected chi connectivity index (χ4v) is 11.3. The molecule has 0 bridgehead atoms. The molecule has 6 rings (SSSR count). The fraction of sp³-hybridized carbons (Fsp3) is 0.421. The molecule has 0 amide bonds. The van der Waals surface area contributed by atoms with Crippen LogP contribution in [0.15, 0.2) is 24.3 Å². The van der Waals surface area contributed by atoms with E-state index >= 15 is 0 Å². The third kappa shape index (κ3) is 7.41. The molecule has 47 heavy (non-hydrogen) atoms. The highest BCUT2D eigenvalue weighted by Crippen LogP contribution is 2.50. The lowest BCUT2D eigenvalue weighted by Gasteiger charge is -2.12. The second-order valence-corrected chi connectivity index (χ2v) is 17.1. The molecule has 6 aromatic rings. The summed E-state index contributed by atoms with van der Waals surface area (Å²) in [7, 11) is 0. The van der Waals surface area contributed by atoms with E-state index in [1.54, 1.807) is 45.3 Å². The number of fused-ring (bicyclic) bond motifs is 3. The molecule has 0 aliphatic heterocycles. The largest absolute Gasteiger partial charge is 0.396 e. The number of anilines is 2. The van der Waals surface area contributed by atoms with Crippen LogP contribution in [0.25, 0.3) is 50.7 Å². The molecular weight excluding hydrogens is 673 g/mol. The SMILES string of the molecule is CCCCC(CC)CC#Cc1cc2sc(-c3c(N)c(N)c(-c4cc5sc(C#CCC(CC)CCCC)cc5s4)c4nsnc34)cc2s1. The van der Waals surface area contributed by atoms with Crippen molar-refractivity contribution >= 4 is 98.3 Å². The lowest BCUT2D eigenvalue weighted by atomic mass is 9.96. The molecule has 4 nitrogen and oxygen atoms in total. The summed E-state index contributed by atoms with van der Waals surface area (Å²) >= 11 is 8.16. The Hall–Kier alpha value is -2.92. The fourth-order valence-electron chi connectivity index (χ4n) is 6.03. The first-order valence-electron chi connectivity index (χ1n) is 16.8. The highest BCUT2D eigenvalue weighted by molar-refractivity contribution is 7.30. The minimum Gasteiger partial charge on any atom is -0.396 e. The van der Waals surface area contributed by atoms with Crippen LogP contribution in [-0.4, -0.2) is 8.75 Å². The number of unbranched alkanes of at least 4 members (excludes halogenated alkanes) is 2. The van der Waals surface area contributed by atoms with E-state index < -0.39 is 0 Å². The molecule has 2 atom stereocenters. The first-order chi connectivity index (χ1) is 22.9. The molecule has 0 aliphatic carbocycles. The molecule has 2 unspecified atom stereocenters. The van der Waals surface area contributed by atoms with Crippen molar-refractivity contribution in [2.24, 2.45) is 11.8 Å². The average Bonchev–Trinajstić information content (AvgIpc) is 3.89. The molecule has 5 heterocycles. The van der Waals surface area contributed by atoms with Crippen LogP contribution in [0.3, 0.4) is 0 Å². The molecule has 0 saturated heterocycles. The first-order valence-corrected chi connectivity index (χ1v) is 20.8. The first kappa shape index (κ1) is 34.0. The summed E-state index contributed by atoms with van der Waals surface area (Å²) in [4.78, 5) is 4.38. The molecule has 0 saturated carbocycles. The smallest absolute Gasteiger partial charge is 0.116 e. The zero-order valence-corrected chi connectivity index (χ0v) is 31.7. The van der Waals surface area contributed by atoms with E-state index in [9.17, 15) is 0 Å². The second kappa shape index (κ2) is 15.5. The van der Waals surface area contributed by atoms with Crippen LogP contribution >= 0.6 is 57.1 Å². The molecule has 0 radical (unpaired) electrons. The molecule has 0 fully saturated rings. The van der Waals surface area contributed by atoms with Gasteiger partial charge in [0.05, 0.1) is 32.9 Å². The highest BCUT2D eigenvalue weighted by atomic mass is 32.1. The number of thiophene rings is 4. The molecule has 5 aromatic heterocycles. The van der Waals surface area contributed by atoms with Crippen molar-refractivity contribution in [3.8, 4) is 44.6 Å². The van der Waals surface area contributed by atoms with Crippen molar-refractivity contribution in [2.45, 2.75) is 91.9 Å². The zero-order valence-electron chi connectivity index (χ0n) is 27.6. The Balaban J connectivity index is 1.25. The number of nitrogens with two attached hydrogens (primary N) is 2. The van der Waals surface area contributed by atoms with Crippen LogP contribution in [0.2, 0.25) is 0 Å². The van der Waals surface area contributed by atoms with Crippen molar-refractivity contribution in [3.05, 3.63) is 34.0 Å². The lowest BCUT2D eigenvalue weighted by molar-refractivity contribution is 0.462. The third-order valence-corrected chi connectivity index (χ3v) is 14.0. The van der Waals surface area contributed by atoms with Gasteiger partial charge in [-0.25, -0.2) is 0 Å². The van der Waals surface area contributed by atoms with Gasteiger partial charge in [0.2, 0.25) is 0 Å². The van der Waals surface area contributed by atoms with Gasteiger partial charge < -0.3 is 11.5 Å². The summed E-state index contributed by atoms with van der Waals surface area (Å²) in [6.07, 6.45) is 11.9. The lowest BCUT2D eigenvalue weighted by Crippen LogP contribution is -2.00. The molecular formula is C38H42N4S5. The maximum absolute atomic E-state index is 6.84. The molecule has 244 valence electrons. The minimum absolute atomic E-state index is 0.573.